The lowest BCUT2D eigenvalue weighted by Crippen LogP contribution is -2.58. The topological polar surface area (TPSA) is 192 Å². The van der Waals surface area contributed by atoms with E-state index in [0.717, 1.165) is 16.5 Å². The molecule has 3 amide bonds. The number of unbranched alkanes of at least 4 members (excludes halogenated alkanes) is 1. The highest BCUT2D eigenvalue weighted by molar-refractivity contribution is 5.95. The van der Waals surface area contributed by atoms with E-state index in [2.05, 4.69) is 20.9 Å². The molecule has 0 saturated heterocycles. The predicted molar refractivity (Wildman–Crippen MR) is 155 cm³/mol. The summed E-state index contributed by atoms with van der Waals surface area (Å²) < 4.78 is 0. The van der Waals surface area contributed by atoms with Crippen LogP contribution in [-0.4, -0.2) is 64.5 Å². The van der Waals surface area contributed by atoms with Gasteiger partial charge < -0.3 is 37.5 Å². The van der Waals surface area contributed by atoms with E-state index in [0.29, 0.717) is 32.2 Å². The Hall–Kier alpha value is -3.44. The van der Waals surface area contributed by atoms with Crippen LogP contribution in [0.5, 0.6) is 0 Å². The molecule has 2 aromatic rings. The molecule has 1 aromatic heterocycles. The summed E-state index contributed by atoms with van der Waals surface area (Å²) in [7, 11) is 0. The van der Waals surface area contributed by atoms with E-state index in [4.69, 9.17) is 11.5 Å². The number of carboxylic acids is 1. The third-order valence-corrected chi connectivity index (χ3v) is 7.19. The van der Waals surface area contributed by atoms with Crippen LogP contribution in [0.1, 0.15) is 65.4 Å². The van der Waals surface area contributed by atoms with E-state index < -0.39 is 47.9 Å². The number of hydrogen-bond acceptors (Lipinski definition) is 6. The lowest BCUT2D eigenvalue weighted by atomic mass is 9.97. The van der Waals surface area contributed by atoms with Crippen molar-refractivity contribution in [3.8, 4) is 0 Å². The normalized spacial score (nSPS) is 15.2. The maximum Gasteiger partial charge on any atom is 0.326 e. The molecular formula is C29H46N6O5. The van der Waals surface area contributed by atoms with Crippen LogP contribution in [0.25, 0.3) is 10.9 Å². The van der Waals surface area contributed by atoms with Gasteiger partial charge in [0.05, 0.1) is 6.04 Å². The molecule has 11 nitrogen and oxygen atoms in total. The van der Waals surface area contributed by atoms with Gasteiger partial charge in [0.15, 0.2) is 0 Å². The van der Waals surface area contributed by atoms with Gasteiger partial charge in [0, 0.05) is 23.5 Å². The Kier molecular flexibility index (Phi) is 13.1. The third kappa shape index (κ3) is 9.63. The summed E-state index contributed by atoms with van der Waals surface area (Å²) >= 11 is 0. The standard InChI is InChI=1S/C29H46N6O5/c1-5-18(4)25(31)28(38)35-23(14-17(2)3)26(36)34-24(15-19-16-32-21-11-7-6-10-20(19)21)27(37)33-22(29(39)40)12-8-9-13-30/h6-7,10-11,16-18,22-25,32H,5,8-9,12-15,30-31H2,1-4H3,(H,33,37)(H,34,36)(H,35,38)(H,39,40). The lowest BCUT2D eigenvalue weighted by molar-refractivity contribution is -0.142. The van der Waals surface area contributed by atoms with Gasteiger partial charge in [-0.05, 0) is 55.7 Å². The molecule has 11 heteroatoms. The number of rotatable bonds is 17. The van der Waals surface area contributed by atoms with E-state index in [1.165, 1.54) is 0 Å². The van der Waals surface area contributed by atoms with Crippen molar-refractivity contribution >= 4 is 34.6 Å². The molecule has 0 radical (unpaired) electrons. The fraction of sp³-hybridized carbons (Fsp3) is 0.586. The zero-order valence-electron chi connectivity index (χ0n) is 24.0. The molecule has 0 saturated carbocycles. The fourth-order valence-corrected chi connectivity index (χ4v) is 4.51. The second kappa shape index (κ2) is 16.0. The molecule has 40 heavy (non-hydrogen) atoms. The number of nitrogens with one attached hydrogen (secondary N) is 4. The number of benzene rings is 1. The number of carbonyl (C=O) groups excluding carboxylic acids is 3. The Morgan fingerprint density at radius 2 is 1.55 bits per heavy atom. The van der Waals surface area contributed by atoms with Crippen LogP contribution < -0.4 is 27.4 Å². The minimum Gasteiger partial charge on any atom is -0.480 e. The Bertz CT molecular complexity index is 1130. The maximum absolute atomic E-state index is 13.5. The molecule has 0 fully saturated rings. The van der Waals surface area contributed by atoms with Crippen molar-refractivity contribution < 1.29 is 24.3 Å². The van der Waals surface area contributed by atoms with Crippen LogP contribution in [0.4, 0.5) is 0 Å². The molecule has 222 valence electrons. The van der Waals surface area contributed by atoms with E-state index in [1.807, 2.05) is 52.0 Å². The largest absolute Gasteiger partial charge is 0.480 e. The average molecular weight is 559 g/mol. The van der Waals surface area contributed by atoms with E-state index in [-0.39, 0.29) is 24.7 Å². The number of nitrogens with two attached hydrogens (primary N) is 2. The number of carboxylic acid groups (broad SMARTS) is 1. The molecule has 0 aliphatic carbocycles. The van der Waals surface area contributed by atoms with Gasteiger partial charge in [0.2, 0.25) is 17.7 Å². The SMILES string of the molecule is CCC(C)C(N)C(=O)NC(CC(C)C)C(=O)NC(Cc1c[nH]c2ccccc12)C(=O)NC(CCCCN)C(=O)O. The number of carbonyl (C=O) groups is 4. The Balaban J connectivity index is 2.31. The van der Waals surface area contributed by atoms with Gasteiger partial charge in [-0.1, -0.05) is 52.3 Å². The molecule has 5 unspecified atom stereocenters. The molecule has 0 bridgehead atoms. The van der Waals surface area contributed by atoms with Crippen LogP contribution >= 0.6 is 0 Å². The minimum atomic E-state index is -1.16. The smallest absolute Gasteiger partial charge is 0.326 e. The summed E-state index contributed by atoms with van der Waals surface area (Å²) in [6.07, 6.45) is 4.31. The highest BCUT2D eigenvalue weighted by Gasteiger charge is 2.32. The van der Waals surface area contributed by atoms with E-state index in [9.17, 15) is 24.3 Å². The zero-order chi connectivity index (χ0) is 29.8. The van der Waals surface area contributed by atoms with Crippen LogP contribution in [0.2, 0.25) is 0 Å². The highest BCUT2D eigenvalue weighted by atomic mass is 16.4. The fourth-order valence-electron chi connectivity index (χ4n) is 4.51. The molecular weight excluding hydrogens is 512 g/mol. The van der Waals surface area contributed by atoms with Gasteiger partial charge in [-0.15, -0.1) is 0 Å². The van der Waals surface area contributed by atoms with E-state index >= 15 is 0 Å². The van der Waals surface area contributed by atoms with Gasteiger partial charge in [-0.3, -0.25) is 14.4 Å². The number of aliphatic carboxylic acids is 1. The molecule has 1 heterocycles. The lowest BCUT2D eigenvalue weighted by Gasteiger charge is -2.27. The van der Waals surface area contributed by atoms with Gasteiger partial charge in [0.1, 0.15) is 18.1 Å². The first-order chi connectivity index (χ1) is 19.0. The highest BCUT2D eigenvalue weighted by Crippen LogP contribution is 2.20. The summed E-state index contributed by atoms with van der Waals surface area (Å²) in [6, 6.07) is 3.67. The van der Waals surface area contributed by atoms with Crippen LogP contribution in [-0.2, 0) is 25.6 Å². The summed E-state index contributed by atoms with van der Waals surface area (Å²) in [4.78, 5) is 54.8. The molecule has 9 N–H and O–H groups in total. The first-order valence-corrected chi connectivity index (χ1v) is 14.1. The summed E-state index contributed by atoms with van der Waals surface area (Å²) in [5.41, 5.74) is 13.3. The maximum atomic E-state index is 13.5. The molecule has 0 spiro atoms. The van der Waals surface area contributed by atoms with Gasteiger partial charge in [0.25, 0.3) is 0 Å². The molecule has 0 aliphatic rings. The number of hydrogen-bond donors (Lipinski definition) is 7. The Morgan fingerprint density at radius 1 is 0.925 bits per heavy atom. The quantitative estimate of drug-likeness (QED) is 0.144. The number of amides is 3. The molecule has 1 aromatic carbocycles. The van der Waals surface area contributed by atoms with Crippen molar-refractivity contribution in [3.05, 3.63) is 36.0 Å². The number of aromatic amines is 1. The average Bonchev–Trinajstić information content (AvgIpc) is 3.33. The predicted octanol–water partition coefficient (Wildman–Crippen LogP) is 1.80. The summed E-state index contributed by atoms with van der Waals surface area (Å²) in [5, 5.41) is 18.7. The first-order valence-electron chi connectivity index (χ1n) is 14.1. The number of H-pyrrole nitrogens is 1. The van der Waals surface area contributed by atoms with E-state index in [1.54, 1.807) is 6.20 Å². The molecule has 5 atom stereocenters. The van der Waals surface area contributed by atoms with Gasteiger partial charge >= 0.3 is 5.97 Å². The number of fused-ring (bicyclic) bond motifs is 1. The second-order valence-corrected chi connectivity index (χ2v) is 10.9. The number of aromatic nitrogens is 1. The summed E-state index contributed by atoms with van der Waals surface area (Å²) in [5.74, 6) is -2.76. The third-order valence-electron chi connectivity index (χ3n) is 7.19. The van der Waals surface area contributed by atoms with Crippen molar-refractivity contribution in [1.82, 2.24) is 20.9 Å². The Morgan fingerprint density at radius 3 is 2.17 bits per heavy atom. The van der Waals surface area contributed by atoms with Gasteiger partial charge in [-0.2, -0.15) is 0 Å². The minimum absolute atomic E-state index is 0.0655. The van der Waals surface area contributed by atoms with Crippen molar-refractivity contribution in [1.29, 1.82) is 0 Å². The molecule has 0 aliphatic heterocycles. The summed E-state index contributed by atoms with van der Waals surface area (Å²) in [6.45, 7) is 8.08. The zero-order valence-corrected chi connectivity index (χ0v) is 24.0. The van der Waals surface area contributed by atoms with Crippen LogP contribution in [0, 0.1) is 11.8 Å². The monoisotopic (exact) mass is 558 g/mol. The van der Waals surface area contributed by atoms with Crippen molar-refractivity contribution in [2.24, 2.45) is 23.3 Å². The Labute approximate surface area is 236 Å². The molecule has 2 rings (SSSR count). The van der Waals surface area contributed by atoms with Crippen molar-refractivity contribution in [2.45, 2.75) is 90.4 Å². The van der Waals surface area contributed by atoms with Crippen molar-refractivity contribution in [3.63, 3.8) is 0 Å². The first kappa shape index (κ1) is 32.8. The van der Waals surface area contributed by atoms with Gasteiger partial charge in [-0.25, -0.2) is 4.79 Å². The van der Waals surface area contributed by atoms with Crippen LogP contribution in [0.15, 0.2) is 30.5 Å². The second-order valence-electron chi connectivity index (χ2n) is 10.9. The number of para-hydroxylation sites is 1. The van der Waals surface area contributed by atoms with Crippen LogP contribution in [0.3, 0.4) is 0 Å². The van der Waals surface area contributed by atoms with Crippen molar-refractivity contribution in [2.75, 3.05) is 6.54 Å².